The molecule has 2 heterocycles. The van der Waals surface area contributed by atoms with Crippen molar-refractivity contribution < 1.29 is 0 Å². The van der Waals surface area contributed by atoms with Crippen LogP contribution in [0.3, 0.4) is 0 Å². The van der Waals surface area contributed by atoms with Gasteiger partial charge in [-0.05, 0) is 32.1 Å². The van der Waals surface area contributed by atoms with Gasteiger partial charge in [0, 0.05) is 29.5 Å². The lowest BCUT2D eigenvalue weighted by Crippen LogP contribution is -2.31. The Labute approximate surface area is 125 Å². The van der Waals surface area contributed by atoms with Crippen LogP contribution in [0.4, 0.5) is 0 Å². The molecule has 112 valence electrons. The number of nitrogens with two attached hydrogens (primary N) is 1. The summed E-state index contributed by atoms with van der Waals surface area (Å²) < 4.78 is 2.09. The van der Waals surface area contributed by atoms with Crippen LogP contribution in [0.25, 0.3) is 11.5 Å². The Morgan fingerprint density at radius 1 is 1.33 bits per heavy atom. The molecule has 1 aliphatic carbocycles. The third-order valence-electron chi connectivity index (χ3n) is 4.17. The molecular formula is C16H23N5. The smallest absolute Gasteiger partial charge is 0.178 e. The molecule has 5 heteroatoms. The van der Waals surface area contributed by atoms with Gasteiger partial charge >= 0.3 is 0 Å². The zero-order valence-electron chi connectivity index (χ0n) is 13.2. The van der Waals surface area contributed by atoms with Gasteiger partial charge in [-0.3, -0.25) is 0 Å². The van der Waals surface area contributed by atoms with Crippen LogP contribution in [0.5, 0.6) is 0 Å². The molecule has 0 fully saturated rings. The molecule has 0 aliphatic heterocycles. The second-order valence-electron chi connectivity index (χ2n) is 7.03. The minimum absolute atomic E-state index is 0.0350. The SMILES string of the molecule is CC(C)n1cncc1-c1ncc2c(n1)CC(C)(C)CC2N. The number of rotatable bonds is 2. The standard InChI is InChI=1S/C16H23N5/c1-10(2)21-9-18-8-14(21)15-19-7-11-12(17)5-16(3,4)6-13(11)20-15/h7-10,12H,5-6,17H2,1-4H3. The molecular weight excluding hydrogens is 262 g/mol. The highest BCUT2D eigenvalue weighted by Crippen LogP contribution is 2.38. The molecule has 1 atom stereocenters. The van der Waals surface area contributed by atoms with Gasteiger partial charge in [0.05, 0.1) is 12.5 Å². The van der Waals surface area contributed by atoms with Crippen molar-refractivity contribution in [3.63, 3.8) is 0 Å². The van der Waals surface area contributed by atoms with Gasteiger partial charge in [0.15, 0.2) is 5.82 Å². The van der Waals surface area contributed by atoms with Gasteiger partial charge in [-0.2, -0.15) is 0 Å². The molecule has 3 rings (SSSR count). The Bertz CT molecular complexity index is 656. The Kier molecular flexibility index (Phi) is 3.32. The van der Waals surface area contributed by atoms with E-state index < -0.39 is 0 Å². The zero-order valence-corrected chi connectivity index (χ0v) is 13.2. The van der Waals surface area contributed by atoms with E-state index in [2.05, 4.69) is 42.2 Å². The van der Waals surface area contributed by atoms with Gasteiger partial charge in [0.1, 0.15) is 5.69 Å². The first-order chi connectivity index (χ1) is 9.87. The molecule has 0 amide bonds. The average molecular weight is 285 g/mol. The summed E-state index contributed by atoms with van der Waals surface area (Å²) in [4.78, 5) is 13.6. The Morgan fingerprint density at radius 3 is 2.81 bits per heavy atom. The summed E-state index contributed by atoms with van der Waals surface area (Å²) in [6, 6.07) is 0.369. The van der Waals surface area contributed by atoms with Gasteiger partial charge in [0.25, 0.3) is 0 Å². The normalized spacial score (nSPS) is 20.6. The number of imidazole rings is 1. The quantitative estimate of drug-likeness (QED) is 0.921. The summed E-state index contributed by atoms with van der Waals surface area (Å²) in [6.07, 6.45) is 7.48. The second-order valence-corrected chi connectivity index (χ2v) is 7.03. The fraction of sp³-hybridized carbons (Fsp3) is 0.562. The van der Waals surface area contributed by atoms with Crippen LogP contribution < -0.4 is 5.73 Å². The molecule has 0 bridgehead atoms. The van der Waals surface area contributed by atoms with Crippen molar-refractivity contribution in [2.75, 3.05) is 0 Å². The number of fused-ring (bicyclic) bond motifs is 1. The third-order valence-corrected chi connectivity index (χ3v) is 4.17. The second kappa shape index (κ2) is 4.91. The number of nitrogens with zero attached hydrogens (tertiary/aromatic N) is 4. The molecule has 0 spiro atoms. The minimum Gasteiger partial charge on any atom is -0.325 e. The summed E-state index contributed by atoms with van der Waals surface area (Å²) in [6.45, 7) is 8.75. The van der Waals surface area contributed by atoms with Crippen molar-refractivity contribution in [2.24, 2.45) is 11.1 Å². The molecule has 21 heavy (non-hydrogen) atoms. The van der Waals surface area contributed by atoms with Gasteiger partial charge in [0.2, 0.25) is 0 Å². The average Bonchev–Trinajstić information content (AvgIpc) is 2.85. The topological polar surface area (TPSA) is 69.6 Å². The number of hydrogen-bond acceptors (Lipinski definition) is 4. The van der Waals surface area contributed by atoms with Crippen LogP contribution in [-0.4, -0.2) is 19.5 Å². The van der Waals surface area contributed by atoms with Crippen molar-refractivity contribution in [1.82, 2.24) is 19.5 Å². The Balaban J connectivity index is 2.05. The monoisotopic (exact) mass is 285 g/mol. The molecule has 2 N–H and O–H groups in total. The Morgan fingerprint density at radius 2 is 2.10 bits per heavy atom. The molecule has 5 nitrogen and oxygen atoms in total. The number of hydrogen-bond donors (Lipinski definition) is 1. The molecule has 0 saturated carbocycles. The van der Waals surface area contributed by atoms with E-state index in [1.54, 1.807) is 0 Å². The highest BCUT2D eigenvalue weighted by atomic mass is 15.1. The van der Waals surface area contributed by atoms with Gasteiger partial charge in [-0.25, -0.2) is 15.0 Å². The van der Waals surface area contributed by atoms with Gasteiger partial charge in [-0.1, -0.05) is 13.8 Å². The summed E-state index contributed by atoms with van der Waals surface area (Å²) >= 11 is 0. The van der Waals surface area contributed by atoms with E-state index in [-0.39, 0.29) is 11.5 Å². The van der Waals surface area contributed by atoms with Gasteiger partial charge in [-0.15, -0.1) is 0 Å². The highest BCUT2D eigenvalue weighted by Gasteiger charge is 2.32. The van der Waals surface area contributed by atoms with E-state index in [0.29, 0.717) is 6.04 Å². The van der Waals surface area contributed by atoms with Crippen molar-refractivity contribution >= 4 is 0 Å². The fourth-order valence-electron chi connectivity index (χ4n) is 3.12. The molecule has 1 aliphatic rings. The summed E-state index contributed by atoms with van der Waals surface area (Å²) in [5.74, 6) is 0.741. The minimum atomic E-state index is 0.0350. The van der Waals surface area contributed by atoms with Crippen LogP contribution in [-0.2, 0) is 6.42 Å². The maximum absolute atomic E-state index is 6.27. The van der Waals surface area contributed by atoms with Crippen molar-refractivity contribution in [2.45, 2.75) is 52.6 Å². The summed E-state index contributed by atoms with van der Waals surface area (Å²) in [7, 11) is 0. The number of aromatic nitrogens is 4. The van der Waals surface area contributed by atoms with Crippen LogP contribution in [0, 0.1) is 5.41 Å². The van der Waals surface area contributed by atoms with Crippen molar-refractivity contribution in [3.8, 4) is 11.5 Å². The van der Waals surface area contributed by atoms with Crippen LogP contribution in [0.15, 0.2) is 18.7 Å². The van der Waals surface area contributed by atoms with E-state index >= 15 is 0 Å². The third kappa shape index (κ3) is 2.58. The van der Waals surface area contributed by atoms with E-state index in [1.165, 1.54) is 0 Å². The predicted octanol–water partition coefficient (Wildman–Crippen LogP) is 2.89. The maximum Gasteiger partial charge on any atom is 0.178 e. The summed E-state index contributed by atoms with van der Waals surface area (Å²) in [5.41, 5.74) is 9.60. The van der Waals surface area contributed by atoms with Crippen LogP contribution >= 0.6 is 0 Å². The zero-order chi connectivity index (χ0) is 15.2. The maximum atomic E-state index is 6.27. The van der Waals surface area contributed by atoms with Crippen LogP contribution in [0.2, 0.25) is 0 Å². The first kappa shape index (κ1) is 14.2. The molecule has 2 aromatic rings. The first-order valence-corrected chi connectivity index (χ1v) is 7.51. The molecule has 0 saturated heterocycles. The van der Waals surface area contributed by atoms with Crippen molar-refractivity contribution in [1.29, 1.82) is 0 Å². The molecule has 1 unspecified atom stereocenters. The summed E-state index contributed by atoms with van der Waals surface area (Å²) in [5, 5.41) is 0. The molecule has 0 aromatic carbocycles. The Hall–Kier alpha value is -1.75. The fourth-order valence-corrected chi connectivity index (χ4v) is 3.12. The van der Waals surface area contributed by atoms with E-state index in [0.717, 1.165) is 35.6 Å². The highest BCUT2D eigenvalue weighted by molar-refractivity contribution is 5.50. The largest absolute Gasteiger partial charge is 0.325 e. The predicted molar refractivity (Wildman–Crippen MR) is 82.7 cm³/mol. The molecule has 2 aromatic heterocycles. The van der Waals surface area contributed by atoms with Crippen molar-refractivity contribution in [3.05, 3.63) is 30.0 Å². The van der Waals surface area contributed by atoms with Crippen LogP contribution in [0.1, 0.15) is 57.5 Å². The lowest BCUT2D eigenvalue weighted by atomic mass is 9.74. The van der Waals surface area contributed by atoms with E-state index in [4.69, 9.17) is 10.7 Å². The lowest BCUT2D eigenvalue weighted by Gasteiger charge is -2.34. The first-order valence-electron chi connectivity index (χ1n) is 7.51. The van der Waals surface area contributed by atoms with Gasteiger partial charge < -0.3 is 10.3 Å². The van der Waals surface area contributed by atoms with E-state index in [9.17, 15) is 0 Å². The molecule has 0 radical (unpaired) electrons. The lowest BCUT2D eigenvalue weighted by molar-refractivity contribution is 0.278. The van der Waals surface area contributed by atoms with E-state index in [1.807, 2.05) is 18.7 Å².